The van der Waals surface area contributed by atoms with Crippen LogP contribution in [0.15, 0.2) is 28.3 Å². The van der Waals surface area contributed by atoms with Gasteiger partial charge < -0.3 is 10.4 Å². The van der Waals surface area contributed by atoms with E-state index in [9.17, 15) is 0 Å². The third-order valence-corrected chi connectivity index (χ3v) is 4.21. The zero-order chi connectivity index (χ0) is 12.8. The lowest BCUT2D eigenvalue weighted by Crippen LogP contribution is -2.15. The molecule has 2 heterocycles. The van der Waals surface area contributed by atoms with Gasteiger partial charge in [-0.2, -0.15) is 5.10 Å². The van der Waals surface area contributed by atoms with Crippen LogP contribution in [0.5, 0.6) is 0 Å². The first-order valence-electron chi connectivity index (χ1n) is 5.85. The number of thiophene rings is 1. The highest BCUT2D eigenvalue weighted by molar-refractivity contribution is 9.11. The maximum atomic E-state index is 8.79. The Balaban J connectivity index is 1.68. The Hall–Kier alpha value is -0.690. The number of aliphatic hydroxyl groups excluding tert-OH is 1. The molecule has 2 N–H and O–H groups in total. The molecule has 0 unspecified atom stereocenters. The lowest BCUT2D eigenvalue weighted by atomic mass is 10.3. The van der Waals surface area contributed by atoms with Crippen molar-refractivity contribution in [2.45, 2.75) is 19.5 Å². The second-order valence-corrected chi connectivity index (χ2v) is 6.52. The van der Waals surface area contributed by atoms with Gasteiger partial charge in [0.25, 0.3) is 0 Å². The maximum absolute atomic E-state index is 8.79. The van der Waals surface area contributed by atoms with E-state index < -0.39 is 0 Å². The van der Waals surface area contributed by atoms with Crippen molar-refractivity contribution in [1.29, 1.82) is 0 Å². The molecular formula is C12H16BrN3OS. The number of hydrogen-bond donors (Lipinski definition) is 2. The molecule has 98 valence electrons. The first-order chi connectivity index (χ1) is 8.78. The molecule has 0 amide bonds. The molecule has 0 radical (unpaired) electrons. The Morgan fingerprint density at radius 2 is 2.33 bits per heavy atom. The van der Waals surface area contributed by atoms with Gasteiger partial charge in [-0.25, -0.2) is 0 Å². The quantitative estimate of drug-likeness (QED) is 0.764. The summed E-state index contributed by atoms with van der Waals surface area (Å²) in [6.07, 6.45) is 4.84. The van der Waals surface area contributed by atoms with Crippen LogP contribution in [0.25, 0.3) is 0 Å². The van der Waals surface area contributed by atoms with Gasteiger partial charge in [0.1, 0.15) is 0 Å². The molecule has 0 fully saturated rings. The monoisotopic (exact) mass is 329 g/mol. The third-order valence-electron chi connectivity index (χ3n) is 2.52. The van der Waals surface area contributed by atoms with Crippen molar-refractivity contribution in [3.8, 4) is 0 Å². The number of nitrogens with zero attached hydrogens (tertiary/aromatic N) is 2. The van der Waals surface area contributed by atoms with Gasteiger partial charge in [0.2, 0.25) is 0 Å². The number of rotatable bonds is 7. The highest BCUT2D eigenvalue weighted by Gasteiger charge is 1.99. The van der Waals surface area contributed by atoms with E-state index in [2.05, 4.69) is 38.5 Å². The van der Waals surface area contributed by atoms with Gasteiger partial charge in [0.15, 0.2) is 0 Å². The third kappa shape index (κ3) is 4.20. The summed E-state index contributed by atoms with van der Waals surface area (Å²) in [6, 6.07) is 4.23. The molecule has 0 aliphatic heterocycles. The van der Waals surface area contributed by atoms with Crippen molar-refractivity contribution in [2.24, 2.45) is 0 Å². The van der Waals surface area contributed by atoms with Gasteiger partial charge in [-0.05, 0) is 34.5 Å². The van der Waals surface area contributed by atoms with Crippen molar-refractivity contribution < 1.29 is 5.11 Å². The van der Waals surface area contributed by atoms with Gasteiger partial charge in [-0.3, -0.25) is 4.68 Å². The summed E-state index contributed by atoms with van der Waals surface area (Å²) in [4.78, 5) is 1.38. The highest BCUT2D eigenvalue weighted by Crippen LogP contribution is 2.22. The van der Waals surface area contributed by atoms with Crippen LogP contribution in [0, 0.1) is 0 Å². The fourth-order valence-corrected chi connectivity index (χ4v) is 3.14. The Bertz CT molecular complexity index is 483. The van der Waals surface area contributed by atoms with Crippen molar-refractivity contribution in [3.63, 3.8) is 0 Å². The minimum absolute atomic E-state index is 0.127. The van der Waals surface area contributed by atoms with Crippen LogP contribution in [0.3, 0.4) is 0 Å². The van der Waals surface area contributed by atoms with Crippen LogP contribution in [0.1, 0.15) is 10.4 Å². The van der Waals surface area contributed by atoms with E-state index in [0.29, 0.717) is 6.54 Å². The van der Waals surface area contributed by atoms with E-state index in [4.69, 9.17) is 5.11 Å². The van der Waals surface area contributed by atoms with E-state index in [1.165, 1.54) is 8.66 Å². The topological polar surface area (TPSA) is 50.1 Å². The molecule has 0 saturated heterocycles. The summed E-state index contributed by atoms with van der Waals surface area (Å²) >= 11 is 5.24. The molecule has 0 spiro atoms. The molecule has 0 aliphatic rings. The van der Waals surface area contributed by atoms with Gasteiger partial charge >= 0.3 is 0 Å². The molecule has 18 heavy (non-hydrogen) atoms. The SMILES string of the molecule is OCCn1cc(CNCCc2ccc(Br)s2)cn1. The van der Waals surface area contributed by atoms with Gasteiger partial charge in [0, 0.05) is 29.7 Å². The molecule has 2 aromatic heterocycles. The fourth-order valence-electron chi connectivity index (χ4n) is 1.65. The Labute approximate surface area is 119 Å². The van der Waals surface area contributed by atoms with E-state index in [1.807, 2.05) is 12.4 Å². The summed E-state index contributed by atoms with van der Waals surface area (Å²) in [6.45, 7) is 2.46. The minimum Gasteiger partial charge on any atom is -0.394 e. The van der Waals surface area contributed by atoms with E-state index >= 15 is 0 Å². The Morgan fingerprint density at radius 1 is 1.44 bits per heavy atom. The number of halogens is 1. The van der Waals surface area contributed by atoms with Crippen LogP contribution < -0.4 is 5.32 Å². The largest absolute Gasteiger partial charge is 0.394 e. The zero-order valence-corrected chi connectivity index (χ0v) is 12.4. The summed E-state index contributed by atoms with van der Waals surface area (Å²) < 4.78 is 2.94. The molecule has 2 aromatic rings. The smallest absolute Gasteiger partial charge is 0.0701 e. The van der Waals surface area contributed by atoms with Crippen molar-refractivity contribution in [1.82, 2.24) is 15.1 Å². The fraction of sp³-hybridized carbons (Fsp3) is 0.417. The molecule has 2 rings (SSSR count). The average Bonchev–Trinajstić information content (AvgIpc) is 2.95. The molecule has 0 atom stereocenters. The molecular weight excluding hydrogens is 314 g/mol. The highest BCUT2D eigenvalue weighted by atomic mass is 79.9. The Kier molecular flexibility index (Phi) is 5.37. The number of nitrogens with one attached hydrogen (secondary N) is 1. The predicted molar refractivity (Wildman–Crippen MR) is 76.7 cm³/mol. The Morgan fingerprint density at radius 3 is 3.06 bits per heavy atom. The molecule has 4 nitrogen and oxygen atoms in total. The summed E-state index contributed by atoms with van der Waals surface area (Å²) in [7, 11) is 0. The molecule has 0 saturated carbocycles. The zero-order valence-electron chi connectivity index (χ0n) is 9.97. The maximum Gasteiger partial charge on any atom is 0.0701 e. The normalized spacial score (nSPS) is 11.0. The van der Waals surface area contributed by atoms with Crippen LogP contribution >= 0.6 is 27.3 Å². The summed E-state index contributed by atoms with van der Waals surface area (Å²) in [5.74, 6) is 0. The van der Waals surface area contributed by atoms with Crippen LogP contribution in [0.4, 0.5) is 0 Å². The first-order valence-corrected chi connectivity index (χ1v) is 7.46. The minimum atomic E-state index is 0.127. The van der Waals surface area contributed by atoms with E-state index in [0.717, 1.165) is 25.1 Å². The number of aromatic nitrogens is 2. The second-order valence-electron chi connectivity index (χ2n) is 3.97. The van der Waals surface area contributed by atoms with Crippen molar-refractivity contribution >= 4 is 27.3 Å². The summed E-state index contributed by atoms with van der Waals surface area (Å²) in [5.41, 5.74) is 1.15. The van der Waals surface area contributed by atoms with Gasteiger partial charge in [-0.1, -0.05) is 0 Å². The first kappa shape index (κ1) is 13.7. The van der Waals surface area contributed by atoms with Gasteiger partial charge in [-0.15, -0.1) is 11.3 Å². The van der Waals surface area contributed by atoms with Crippen LogP contribution in [-0.4, -0.2) is 28.0 Å². The van der Waals surface area contributed by atoms with E-state index in [-0.39, 0.29) is 6.61 Å². The molecule has 0 aliphatic carbocycles. The molecule has 6 heteroatoms. The lowest BCUT2D eigenvalue weighted by molar-refractivity contribution is 0.269. The van der Waals surface area contributed by atoms with Gasteiger partial charge in [0.05, 0.1) is 23.1 Å². The van der Waals surface area contributed by atoms with E-state index in [1.54, 1.807) is 16.0 Å². The second kappa shape index (κ2) is 7.04. The van der Waals surface area contributed by atoms with Crippen molar-refractivity contribution in [2.75, 3.05) is 13.2 Å². The number of aliphatic hydroxyl groups is 1. The molecule has 0 aromatic carbocycles. The predicted octanol–water partition coefficient (Wildman–Crippen LogP) is 2.03. The number of hydrogen-bond acceptors (Lipinski definition) is 4. The van der Waals surface area contributed by atoms with Crippen LogP contribution in [0.2, 0.25) is 0 Å². The average molecular weight is 330 g/mol. The standard InChI is InChI=1S/C12H16BrN3OS/c13-12-2-1-11(18-12)3-4-14-7-10-8-15-16(9-10)5-6-17/h1-2,8-9,14,17H,3-7H2. The van der Waals surface area contributed by atoms with Crippen molar-refractivity contribution in [3.05, 3.63) is 38.8 Å². The summed E-state index contributed by atoms with van der Waals surface area (Å²) in [5, 5.41) is 16.3. The van der Waals surface area contributed by atoms with Crippen LogP contribution in [-0.2, 0) is 19.5 Å². The lowest BCUT2D eigenvalue weighted by Gasteiger charge is -2.01. The molecule has 0 bridgehead atoms.